The molecule has 0 saturated carbocycles. The molecule has 198 valence electrons. The molecule has 3 fully saturated rings. The highest BCUT2D eigenvalue weighted by molar-refractivity contribution is 5.82. The summed E-state index contributed by atoms with van der Waals surface area (Å²) < 4.78 is 28.5. The maximum Gasteiger partial charge on any atom is 0.159 e. The van der Waals surface area contributed by atoms with E-state index >= 15 is 4.39 Å². The Labute approximate surface area is 216 Å². The third kappa shape index (κ3) is 4.83. The van der Waals surface area contributed by atoms with Crippen molar-refractivity contribution in [3.8, 4) is 5.82 Å². The molecule has 37 heavy (non-hydrogen) atoms. The number of fused-ring (bicyclic) bond motifs is 1. The van der Waals surface area contributed by atoms with Gasteiger partial charge >= 0.3 is 0 Å². The van der Waals surface area contributed by atoms with Crippen molar-refractivity contribution in [3.05, 3.63) is 41.3 Å². The van der Waals surface area contributed by atoms with E-state index in [9.17, 15) is 5.11 Å². The van der Waals surface area contributed by atoms with E-state index in [-0.39, 0.29) is 18.6 Å². The number of hydrogen-bond acceptors (Lipinski definition) is 8. The van der Waals surface area contributed by atoms with Gasteiger partial charge in [-0.05, 0) is 56.5 Å². The average Bonchev–Trinajstić information content (AvgIpc) is 3.58. The highest BCUT2D eigenvalue weighted by atomic mass is 19.1. The van der Waals surface area contributed by atoms with Crippen LogP contribution in [0.25, 0.3) is 16.7 Å². The highest BCUT2D eigenvalue weighted by Crippen LogP contribution is 2.36. The lowest BCUT2D eigenvalue weighted by atomic mass is 9.84. The van der Waals surface area contributed by atoms with E-state index in [0.29, 0.717) is 50.5 Å². The number of alkyl halides is 1. The summed E-state index contributed by atoms with van der Waals surface area (Å²) in [4.78, 5) is 13.7. The third-order valence-corrected chi connectivity index (χ3v) is 8.04. The third-order valence-electron chi connectivity index (χ3n) is 8.04. The van der Waals surface area contributed by atoms with E-state index in [4.69, 9.17) is 9.47 Å². The maximum atomic E-state index is 15.6. The molecule has 6 rings (SSSR count). The molecule has 0 aliphatic carbocycles. The van der Waals surface area contributed by atoms with Gasteiger partial charge in [0.25, 0.3) is 0 Å². The first-order valence-corrected chi connectivity index (χ1v) is 13.3. The van der Waals surface area contributed by atoms with Gasteiger partial charge in [-0.15, -0.1) is 0 Å². The predicted molar refractivity (Wildman–Crippen MR) is 138 cm³/mol. The van der Waals surface area contributed by atoms with E-state index in [1.54, 1.807) is 0 Å². The van der Waals surface area contributed by atoms with Crippen molar-refractivity contribution >= 4 is 16.7 Å². The number of hydrogen-bond donors (Lipinski definition) is 1. The smallest absolute Gasteiger partial charge is 0.159 e. The van der Waals surface area contributed by atoms with E-state index in [1.165, 1.54) is 0 Å². The highest BCUT2D eigenvalue weighted by Gasteiger charge is 2.35. The molecular formula is C27H35FN6O3. The molecule has 0 bridgehead atoms. The Kier molecular flexibility index (Phi) is 6.83. The number of ether oxygens (including phenoxy) is 2. The Hall–Kier alpha value is -2.66. The molecule has 0 spiro atoms. The monoisotopic (exact) mass is 510 g/mol. The van der Waals surface area contributed by atoms with Crippen LogP contribution >= 0.6 is 0 Å². The fraction of sp³-hybridized carbons (Fsp3) is 0.593. The van der Waals surface area contributed by atoms with Crippen LogP contribution in [0.3, 0.4) is 0 Å². The number of rotatable bonds is 5. The van der Waals surface area contributed by atoms with Gasteiger partial charge in [-0.3, -0.25) is 4.90 Å². The Morgan fingerprint density at radius 1 is 1.05 bits per heavy atom. The molecule has 0 amide bonds. The number of aryl methyl sites for hydroxylation is 2. The summed E-state index contributed by atoms with van der Waals surface area (Å²) in [6.07, 6.45) is 2.47. The molecule has 1 unspecified atom stereocenters. The topological polar surface area (TPSA) is 88.8 Å². The molecule has 3 aliphatic rings. The van der Waals surface area contributed by atoms with Crippen molar-refractivity contribution in [3.63, 3.8) is 0 Å². The molecule has 4 atom stereocenters. The van der Waals surface area contributed by atoms with E-state index in [2.05, 4.69) is 43.9 Å². The number of nitrogens with zero attached hydrogens (tertiary/aromatic N) is 6. The van der Waals surface area contributed by atoms with Gasteiger partial charge in [0.2, 0.25) is 0 Å². The molecule has 3 aromatic rings. The van der Waals surface area contributed by atoms with Crippen LogP contribution in [0.15, 0.2) is 24.4 Å². The maximum absolute atomic E-state index is 15.6. The molecular weight excluding hydrogens is 475 g/mol. The molecule has 5 heterocycles. The summed E-state index contributed by atoms with van der Waals surface area (Å²) >= 11 is 0. The molecule has 3 saturated heterocycles. The molecule has 3 aliphatic heterocycles. The summed E-state index contributed by atoms with van der Waals surface area (Å²) in [5, 5.41) is 15.2. The van der Waals surface area contributed by atoms with Crippen molar-refractivity contribution in [2.24, 2.45) is 0 Å². The van der Waals surface area contributed by atoms with Crippen molar-refractivity contribution in [2.45, 2.75) is 50.9 Å². The standard InChI is InChI=1S/C27H35FN6O3/c1-17-9-19-12-29-34(27-11-26(30-18(2)31-27)33-6-8-37-21(13-33)15-35)25(19)10-23(17)22-3-5-32(14-24(22)28)20-4-7-36-16-20/h9-12,20-22,24,35H,3-8,13-16H2,1-2H3/t20?,21-,22-,24-/m1/s1. The van der Waals surface area contributed by atoms with Gasteiger partial charge in [0.15, 0.2) is 5.82 Å². The van der Waals surface area contributed by atoms with Crippen LogP contribution in [-0.2, 0) is 9.47 Å². The molecule has 0 radical (unpaired) electrons. The second-order valence-electron chi connectivity index (χ2n) is 10.5. The second kappa shape index (κ2) is 10.2. The van der Waals surface area contributed by atoms with Crippen molar-refractivity contribution in [1.29, 1.82) is 0 Å². The first-order chi connectivity index (χ1) is 18.0. The second-order valence-corrected chi connectivity index (χ2v) is 10.5. The zero-order valence-corrected chi connectivity index (χ0v) is 21.5. The average molecular weight is 511 g/mol. The van der Waals surface area contributed by atoms with Crippen LogP contribution in [-0.4, -0.2) is 101 Å². The van der Waals surface area contributed by atoms with Gasteiger partial charge in [-0.2, -0.15) is 5.10 Å². The summed E-state index contributed by atoms with van der Waals surface area (Å²) in [6.45, 7) is 8.55. The van der Waals surface area contributed by atoms with Gasteiger partial charge < -0.3 is 19.5 Å². The first-order valence-electron chi connectivity index (χ1n) is 13.3. The zero-order chi connectivity index (χ0) is 25.5. The van der Waals surface area contributed by atoms with Crippen LogP contribution in [0.1, 0.15) is 35.7 Å². The summed E-state index contributed by atoms with van der Waals surface area (Å²) in [6, 6.07) is 6.50. The Morgan fingerprint density at radius 3 is 2.70 bits per heavy atom. The van der Waals surface area contributed by atoms with Crippen molar-refractivity contribution < 1.29 is 19.0 Å². The summed E-state index contributed by atoms with van der Waals surface area (Å²) in [5.41, 5.74) is 3.06. The lowest BCUT2D eigenvalue weighted by Gasteiger charge is -2.38. The van der Waals surface area contributed by atoms with E-state index in [0.717, 1.165) is 53.8 Å². The fourth-order valence-electron chi connectivity index (χ4n) is 6.05. The minimum absolute atomic E-state index is 0.0255. The molecule has 9 nitrogen and oxygen atoms in total. The van der Waals surface area contributed by atoms with Gasteiger partial charge in [0, 0.05) is 49.7 Å². The summed E-state index contributed by atoms with van der Waals surface area (Å²) in [5.74, 6) is 1.96. The number of morpholine rings is 1. The predicted octanol–water partition coefficient (Wildman–Crippen LogP) is 2.55. The molecule has 1 aromatic carbocycles. The Morgan fingerprint density at radius 2 is 1.92 bits per heavy atom. The van der Waals surface area contributed by atoms with Crippen molar-refractivity contribution in [1.82, 2.24) is 24.6 Å². The van der Waals surface area contributed by atoms with Crippen LogP contribution < -0.4 is 4.90 Å². The normalized spacial score (nSPS) is 27.3. The lowest BCUT2D eigenvalue weighted by Crippen LogP contribution is -2.46. The quantitative estimate of drug-likeness (QED) is 0.560. The molecule has 1 N–H and O–H groups in total. The number of aliphatic hydroxyl groups is 1. The Balaban J connectivity index is 1.30. The van der Waals surface area contributed by atoms with Gasteiger partial charge in [0.05, 0.1) is 37.6 Å². The van der Waals surface area contributed by atoms with Crippen LogP contribution in [0.4, 0.5) is 10.2 Å². The minimum atomic E-state index is -0.921. The largest absolute Gasteiger partial charge is 0.394 e. The number of likely N-dealkylation sites (tertiary alicyclic amines) is 1. The number of aliphatic hydroxyl groups excluding tert-OH is 1. The number of anilines is 1. The Bertz CT molecular complexity index is 1260. The lowest BCUT2D eigenvalue weighted by molar-refractivity contribution is 0.00335. The zero-order valence-electron chi connectivity index (χ0n) is 21.5. The van der Waals surface area contributed by atoms with Crippen LogP contribution in [0.5, 0.6) is 0 Å². The number of piperidine rings is 1. The van der Waals surface area contributed by atoms with Gasteiger partial charge in [0.1, 0.15) is 17.8 Å². The molecule has 10 heteroatoms. The minimum Gasteiger partial charge on any atom is -0.394 e. The summed E-state index contributed by atoms with van der Waals surface area (Å²) in [7, 11) is 0. The van der Waals surface area contributed by atoms with E-state index in [1.807, 2.05) is 23.9 Å². The van der Waals surface area contributed by atoms with Crippen LogP contribution in [0.2, 0.25) is 0 Å². The number of aromatic nitrogens is 4. The SMILES string of the molecule is Cc1nc(N2CCO[C@@H](CO)C2)cc(-n2ncc3cc(C)c([C@H]4CCN(C5CCOC5)C[C@H]4F)cc32)n1. The van der Waals surface area contributed by atoms with Gasteiger partial charge in [-0.1, -0.05) is 0 Å². The van der Waals surface area contributed by atoms with Gasteiger partial charge in [-0.25, -0.2) is 19.0 Å². The number of benzene rings is 1. The van der Waals surface area contributed by atoms with Crippen molar-refractivity contribution in [2.75, 3.05) is 57.5 Å². The van der Waals surface area contributed by atoms with Crippen LogP contribution in [0, 0.1) is 13.8 Å². The van der Waals surface area contributed by atoms with E-state index < -0.39 is 6.17 Å². The first kappa shape index (κ1) is 24.7. The molecule has 2 aromatic heterocycles. The number of halogens is 1. The fourth-order valence-corrected chi connectivity index (χ4v) is 6.05.